The van der Waals surface area contributed by atoms with Crippen LogP contribution in [0.4, 0.5) is 0 Å². The van der Waals surface area contributed by atoms with E-state index < -0.39 is 5.60 Å². The molecular formula is C11H17NOS. The molecule has 0 aromatic carbocycles. The third-order valence-electron chi connectivity index (χ3n) is 3.32. The van der Waals surface area contributed by atoms with Gasteiger partial charge in [0.1, 0.15) is 5.60 Å². The zero-order chi connectivity index (χ0) is 10.6. The van der Waals surface area contributed by atoms with Crippen LogP contribution in [0.15, 0.2) is 6.07 Å². The molecule has 2 unspecified atom stereocenters. The van der Waals surface area contributed by atoms with Gasteiger partial charge in [-0.2, -0.15) is 4.37 Å². The lowest BCUT2D eigenvalue weighted by Crippen LogP contribution is -2.25. The molecule has 1 saturated carbocycles. The molecule has 0 saturated heterocycles. The lowest BCUT2D eigenvalue weighted by molar-refractivity contribution is 0.0245. The van der Waals surface area contributed by atoms with Gasteiger partial charge in [0.05, 0.1) is 10.6 Å². The van der Waals surface area contributed by atoms with Crippen LogP contribution in [0.25, 0.3) is 0 Å². The minimum Gasteiger partial charge on any atom is -0.384 e. The fourth-order valence-electron chi connectivity index (χ4n) is 2.20. The highest BCUT2D eigenvalue weighted by Crippen LogP contribution is 2.60. The van der Waals surface area contributed by atoms with Crippen molar-refractivity contribution in [2.75, 3.05) is 0 Å². The number of aliphatic hydroxyl groups is 1. The van der Waals surface area contributed by atoms with Crippen molar-refractivity contribution >= 4 is 11.5 Å². The number of aromatic nitrogens is 1. The normalized spacial score (nSPS) is 28.5. The molecule has 1 fully saturated rings. The van der Waals surface area contributed by atoms with E-state index in [0.717, 1.165) is 17.0 Å². The molecule has 0 bridgehead atoms. The Bertz CT molecular complexity index is 354. The van der Waals surface area contributed by atoms with Gasteiger partial charge in [-0.05, 0) is 49.2 Å². The number of rotatable bonds is 2. The average Bonchev–Trinajstić information content (AvgIpc) is 2.52. The number of hydrogen-bond donors (Lipinski definition) is 1. The molecule has 1 heterocycles. The molecule has 1 aliphatic rings. The molecule has 1 aromatic rings. The molecule has 1 N–H and O–H groups in total. The van der Waals surface area contributed by atoms with Crippen molar-refractivity contribution in [1.82, 2.24) is 4.37 Å². The Labute approximate surface area is 89.1 Å². The summed E-state index contributed by atoms with van der Waals surface area (Å²) in [7, 11) is 0. The van der Waals surface area contributed by atoms with Crippen molar-refractivity contribution in [3.63, 3.8) is 0 Å². The SMILES string of the molecule is Cc1cc(C(C)(O)C2CC2(C)C)sn1. The summed E-state index contributed by atoms with van der Waals surface area (Å²) < 4.78 is 4.22. The van der Waals surface area contributed by atoms with Crippen molar-refractivity contribution in [3.05, 3.63) is 16.6 Å². The van der Waals surface area contributed by atoms with Crippen LogP contribution in [0, 0.1) is 18.3 Å². The highest BCUT2D eigenvalue weighted by Gasteiger charge is 2.56. The van der Waals surface area contributed by atoms with Gasteiger partial charge in [-0.1, -0.05) is 13.8 Å². The van der Waals surface area contributed by atoms with Crippen LogP contribution in [0.2, 0.25) is 0 Å². The second-order valence-electron chi connectivity index (χ2n) is 5.23. The molecule has 0 spiro atoms. The van der Waals surface area contributed by atoms with Gasteiger partial charge in [0.15, 0.2) is 0 Å². The van der Waals surface area contributed by atoms with Crippen molar-refractivity contribution in [3.8, 4) is 0 Å². The minimum absolute atomic E-state index is 0.293. The third-order valence-corrected chi connectivity index (χ3v) is 4.43. The van der Waals surface area contributed by atoms with E-state index in [9.17, 15) is 5.11 Å². The number of hydrogen-bond acceptors (Lipinski definition) is 3. The van der Waals surface area contributed by atoms with Gasteiger partial charge < -0.3 is 5.11 Å². The molecule has 0 aliphatic heterocycles. The van der Waals surface area contributed by atoms with E-state index in [2.05, 4.69) is 18.2 Å². The van der Waals surface area contributed by atoms with E-state index in [0.29, 0.717) is 11.3 Å². The van der Waals surface area contributed by atoms with Gasteiger partial charge in [0.2, 0.25) is 0 Å². The molecule has 0 amide bonds. The summed E-state index contributed by atoms with van der Waals surface area (Å²) in [5, 5.41) is 10.4. The highest BCUT2D eigenvalue weighted by atomic mass is 32.1. The number of nitrogens with zero attached hydrogens (tertiary/aromatic N) is 1. The Morgan fingerprint density at radius 1 is 1.64 bits per heavy atom. The molecule has 0 radical (unpaired) electrons. The first-order valence-electron chi connectivity index (χ1n) is 5.00. The molecule has 2 rings (SSSR count). The lowest BCUT2D eigenvalue weighted by Gasteiger charge is -2.23. The molecule has 1 aliphatic carbocycles. The minimum atomic E-state index is -0.685. The summed E-state index contributed by atoms with van der Waals surface area (Å²) in [6, 6.07) is 2.00. The molecular weight excluding hydrogens is 194 g/mol. The van der Waals surface area contributed by atoms with E-state index in [-0.39, 0.29) is 0 Å². The Balaban J connectivity index is 2.25. The quantitative estimate of drug-likeness (QED) is 0.816. The average molecular weight is 211 g/mol. The van der Waals surface area contributed by atoms with Crippen LogP contribution < -0.4 is 0 Å². The predicted octanol–water partition coefficient (Wildman–Crippen LogP) is 2.71. The largest absolute Gasteiger partial charge is 0.384 e. The second-order valence-corrected chi connectivity index (χ2v) is 6.03. The third kappa shape index (κ3) is 1.48. The van der Waals surface area contributed by atoms with Crippen molar-refractivity contribution in [1.29, 1.82) is 0 Å². The van der Waals surface area contributed by atoms with E-state index in [1.807, 2.05) is 19.9 Å². The highest BCUT2D eigenvalue weighted by molar-refractivity contribution is 7.06. The maximum absolute atomic E-state index is 10.4. The fourth-order valence-corrected chi connectivity index (χ4v) is 3.05. The van der Waals surface area contributed by atoms with Gasteiger partial charge in [0, 0.05) is 0 Å². The fraction of sp³-hybridized carbons (Fsp3) is 0.727. The molecule has 1 aromatic heterocycles. The summed E-state index contributed by atoms with van der Waals surface area (Å²) in [6.45, 7) is 8.30. The van der Waals surface area contributed by atoms with Crippen LogP contribution in [-0.4, -0.2) is 9.48 Å². The van der Waals surface area contributed by atoms with E-state index in [1.54, 1.807) is 0 Å². The summed E-state index contributed by atoms with van der Waals surface area (Å²) in [5.41, 5.74) is 0.611. The molecule has 2 atom stereocenters. The van der Waals surface area contributed by atoms with Gasteiger partial charge in [-0.25, -0.2) is 0 Å². The van der Waals surface area contributed by atoms with Crippen LogP contribution in [-0.2, 0) is 5.60 Å². The van der Waals surface area contributed by atoms with Crippen molar-refractivity contribution in [2.45, 2.75) is 39.7 Å². The lowest BCUT2D eigenvalue weighted by atomic mass is 9.92. The Morgan fingerprint density at radius 2 is 2.21 bits per heavy atom. The van der Waals surface area contributed by atoms with Gasteiger partial charge in [0.25, 0.3) is 0 Å². The topological polar surface area (TPSA) is 33.1 Å². The Morgan fingerprint density at radius 3 is 2.57 bits per heavy atom. The van der Waals surface area contributed by atoms with Gasteiger partial charge >= 0.3 is 0 Å². The first-order chi connectivity index (χ1) is 6.34. The summed E-state index contributed by atoms with van der Waals surface area (Å²) in [6.07, 6.45) is 1.11. The first kappa shape index (κ1) is 10.1. The molecule has 2 nitrogen and oxygen atoms in total. The maximum Gasteiger partial charge on any atom is 0.101 e. The van der Waals surface area contributed by atoms with Crippen LogP contribution in [0.5, 0.6) is 0 Å². The van der Waals surface area contributed by atoms with E-state index >= 15 is 0 Å². The Kier molecular flexibility index (Phi) is 2.02. The zero-order valence-electron chi connectivity index (χ0n) is 9.16. The van der Waals surface area contributed by atoms with Crippen LogP contribution in [0.3, 0.4) is 0 Å². The first-order valence-corrected chi connectivity index (χ1v) is 5.77. The summed E-state index contributed by atoms with van der Waals surface area (Å²) >= 11 is 1.43. The molecule has 3 heteroatoms. The zero-order valence-corrected chi connectivity index (χ0v) is 9.98. The standard InChI is InChI=1S/C11H17NOS/c1-7-5-9(14-12-7)11(4,13)8-6-10(8,2)3/h5,8,13H,6H2,1-4H3. The van der Waals surface area contributed by atoms with Crippen molar-refractivity contribution < 1.29 is 5.11 Å². The smallest absolute Gasteiger partial charge is 0.101 e. The van der Waals surface area contributed by atoms with Crippen molar-refractivity contribution in [2.24, 2.45) is 11.3 Å². The maximum atomic E-state index is 10.4. The predicted molar refractivity (Wildman–Crippen MR) is 58.3 cm³/mol. The Hall–Kier alpha value is -0.410. The van der Waals surface area contributed by atoms with E-state index in [1.165, 1.54) is 11.5 Å². The summed E-state index contributed by atoms with van der Waals surface area (Å²) in [5.74, 6) is 0.384. The molecule has 14 heavy (non-hydrogen) atoms. The number of aryl methyl sites for hydroxylation is 1. The molecule has 78 valence electrons. The van der Waals surface area contributed by atoms with Gasteiger partial charge in [-0.15, -0.1) is 0 Å². The van der Waals surface area contributed by atoms with Crippen LogP contribution >= 0.6 is 11.5 Å². The van der Waals surface area contributed by atoms with E-state index in [4.69, 9.17) is 0 Å². The monoisotopic (exact) mass is 211 g/mol. The van der Waals surface area contributed by atoms with Gasteiger partial charge in [-0.3, -0.25) is 0 Å². The van der Waals surface area contributed by atoms with Crippen LogP contribution in [0.1, 0.15) is 37.8 Å². The summed E-state index contributed by atoms with van der Waals surface area (Å²) in [4.78, 5) is 1.01. The second kappa shape index (κ2) is 2.80.